The van der Waals surface area contributed by atoms with E-state index in [0.717, 1.165) is 56.2 Å². The quantitative estimate of drug-likeness (QED) is 0.638. The standard InChI is InChI=1S/C27H37F2N5O2/c1-18-3-2-13-31-25(18)36-21-6-4-19(5-7-21)9-16-34-23-8-12-27(28,29)17-22(23)24(32-34)26(35)33-14-10-20(30)11-15-33/h2-3,13,19-21H,4-12,14-17,30H2,1H3/t19-,21+. The molecule has 0 radical (unpaired) electrons. The Balaban J connectivity index is 1.22. The minimum absolute atomic E-state index is 0.0957. The van der Waals surface area contributed by atoms with Crippen molar-refractivity contribution in [1.82, 2.24) is 19.7 Å². The first-order valence-electron chi connectivity index (χ1n) is 13.4. The Labute approximate surface area is 211 Å². The molecule has 2 aromatic rings. The molecule has 2 fully saturated rings. The Bertz CT molecular complexity index is 1070. The van der Waals surface area contributed by atoms with Crippen LogP contribution in [0, 0.1) is 12.8 Å². The first-order chi connectivity index (χ1) is 17.3. The van der Waals surface area contributed by atoms with Crippen molar-refractivity contribution < 1.29 is 18.3 Å². The largest absolute Gasteiger partial charge is 0.474 e. The fourth-order valence-corrected chi connectivity index (χ4v) is 5.85. The van der Waals surface area contributed by atoms with Gasteiger partial charge >= 0.3 is 0 Å². The van der Waals surface area contributed by atoms with E-state index in [2.05, 4.69) is 10.1 Å². The van der Waals surface area contributed by atoms with Gasteiger partial charge in [0, 0.05) is 61.5 Å². The molecule has 7 nitrogen and oxygen atoms in total. The molecule has 1 amide bonds. The lowest BCUT2D eigenvalue weighted by Gasteiger charge is -2.30. The molecule has 0 aromatic carbocycles. The third kappa shape index (κ3) is 5.56. The highest BCUT2D eigenvalue weighted by Crippen LogP contribution is 2.36. The van der Waals surface area contributed by atoms with E-state index in [0.29, 0.717) is 37.0 Å². The van der Waals surface area contributed by atoms with E-state index in [-0.39, 0.29) is 36.6 Å². The van der Waals surface area contributed by atoms with Crippen LogP contribution < -0.4 is 10.5 Å². The van der Waals surface area contributed by atoms with Gasteiger partial charge in [-0.2, -0.15) is 5.10 Å². The molecular formula is C27H37F2N5O2. The lowest BCUT2D eigenvalue weighted by Crippen LogP contribution is -2.43. The molecule has 1 saturated carbocycles. The van der Waals surface area contributed by atoms with Gasteiger partial charge in [0.2, 0.25) is 5.88 Å². The maximum atomic E-state index is 14.3. The normalized spacial score (nSPS) is 24.4. The molecule has 0 atom stereocenters. The van der Waals surface area contributed by atoms with Crippen LogP contribution >= 0.6 is 0 Å². The number of aryl methyl sites for hydroxylation is 2. The van der Waals surface area contributed by atoms with Crippen LogP contribution in [0.15, 0.2) is 18.3 Å². The van der Waals surface area contributed by atoms with Gasteiger partial charge in [-0.25, -0.2) is 13.8 Å². The van der Waals surface area contributed by atoms with Crippen molar-refractivity contribution in [2.24, 2.45) is 11.7 Å². The van der Waals surface area contributed by atoms with Crippen molar-refractivity contribution >= 4 is 5.91 Å². The lowest BCUT2D eigenvalue weighted by molar-refractivity contribution is -0.0130. The number of ether oxygens (including phenoxy) is 1. The van der Waals surface area contributed by atoms with Gasteiger partial charge in [-0.3, -0.25) is 9.48 Å². The van der Waals surface area contributed by atoms with Crippen LogP contribution in [-0.2, 0) is 19.4 Å². The second-order valence-electron chi connectivity index (χ2n) is 10.8. The molecule has 1 saturated heterocycles. The number of aromatic nitrogens is 3. The topological polar surface area (TPSA) is 86.3 Å². The molecule has 1 aliphatic heterocycles. The molecule has 9 heteroatoms. The summed E-state index contributed by atoms with van der Waals surface area (Å²) in [6, 6.07) is 4.02. The minimum Gasteiger partial charge on any atom is -0.474 e. The first-order valence-corrected chi connectivity index (χ1v) is 13.4. The summed E-state index contributed by atoms with van der Waals surface area (Å²) < 4.78 is 36.6. The third-order valence-electron chi connectivity index (χ3n) is 8.14. The summed E-state index contributed by atoms with van der Waals surface area (Å²) in [7, 11) is 0. The van der Waals surface area contributed by atoms with Crippen molar-refractivity contribution in [3.63, 3.8) is 0 Å². The number of piperidine rings is 1. The number of likely N-dealkylation sites (tertiary alicyclic amines) is 1. The molecule has 2 aliphatic carbocycles. The Morgan fingerprint density at radius 3 is 2.67 bits per heavy atom. The smallest absolute Gasteiger partial charge is 0.274 e. The molecule has 0 unspecified atom stereocenters. The molecule has 2 aromatic heterocycles. The molecule has 3 aliphatic rings. The van der Waals surface area contributed by atoms with E-state index in [1.807, 2.05) is 23.7 Å². The number of nitrogens with zero attached hydrogens (tertiary/aromatic N) is 4. The second-order valence-corrected chi connectivity index (χ2v) is 10.8. The van der Waals surface area contributed by atoms with Crippen LogP contribution in [0.2, 0.25) is 0 Å². The number of carbonyl (C=O) groups excluding carboxylic acids is 1. The summed E-state index contributed by atoms with van der Waals surface area (Å²) in [6.45, 7) is 3.78. The average molecular weight is 502 g/mol. The maximum absolute atomic E-state index is 14.3. The summed E-state index contributed by atoms with van der Waals surface area (Å²) >= 11 is 0. The van der Waals surface area contributed by atoms with E-state index in [1.165, 1.54) is 0 Å². The summed E-state index contributed by atoms with van der Waals surface area (Å²) in [6.07, 6.45) is 8.06. The predicted molar refractivity (Wildman–Crippen MR) is 132 cm³/mol. The highest BCUT2D eigenvalue weighted by atomic mass is 19.3. The zero-order valence-electron chi connectivity index (χ0n) is 21.1. The molecule has 5 rings (SSSR count). The molecule has 36 heavy (non-hydrogen) atoms. The third-order valence-corrected chi connectivity index (χ3v) is 8.14. The van der Waals surface area contributed by atoms with Crippen LogP contribution in [0.4, 0.5) is 8.78 Å². The van der Waals surface area contributed by atoms with E-state index in [1.54, 1.807) is 11.1 Å². The number of alkyl halides is 2. The number of fused-ring (bicyclic) bond motifs is 1. The SMILES string of the molecule is Cc1cccnc1O[C@H]1CC[C@@H](CCn2nc(C(=O)N3CCC(N)CC3)c3c2CCC(F)(F)C3)CC1. The Hall–Kier alpha value is -2.55. The first kappa shape index (κ1) is 25.1. The van der Waals surface area contributed by atoms with Crippen molar-refractivity contribution in [3.8, 4) is 5.88 Å². The van der Waals surface area contributed by atoms with Crippen LogP contribution in [0.3, 0.4) is 0 Å². The van der Waals surface area contributed by atoms with Crippen LogP contribution in [-0.4, -0.2) is 56.7 Å². The molecular weight excluding hydrogens is 464 g/mol. The van der Waals surface area contributed by atoms with E-state index >= 15 is 0 Å². The van der Waals surface area contributed by atoms with Gasteiger partial charge in [0.1, 0.15) is 6.10 Å². The zero-order valence-corrected chi connectivity index (χ0v) is 21.1. The van der Waals surface area contributed by atoms with Gasteiger partial charge in [-0.15, -0.1) is 0 Å². The summed E-state index contributed by atoms with van der Waals surface area (Å²) in [4.78, 5) is 19.3. The van der Waals surface area contributed by atoms with Crippen molar-refractivity contribution in [2.75, 3.05) is 13.1 Å². The number of halogens is 2. The molecule has 3 heterocycles. The van der Waals surface area contributed by atoms with Gasteiger partial charge in [-0.1, -0.05) is 6.07 Å². The molecule has 0 spiro atoms. The number of pyridine rings is 1. The minimum atomic E-state index is -2.79. The van der Waals surface area contributed by atoms with Gasteiger partial charge in [-0.05, 0) is 70.3 Å². The Morgan fingerprint density at radius 2 is 1.94 bits per heavy atom. The number of rotatable bonds is 6. The highest BCUT2D eigenvalue weighted by Gasteiger charge is 2.40. The van der Waals surface area contributed by atoms with Crippen molar-refractivity contribution in [2.45, 2.75) is 95.7 Å². The van der Waals surface area contributed by atoms with E-state index < -0.39 is 12.3 Å². The summed E-state index contributed by atoms with van der Waals surface area (Å²) in [5.41, 5.74) is 8.53. The Kier molecular flexibility index (Phi) is 7.28. The Morgan fingerprint density at radius 1 is 1.19 bits per heavy atom. The maximum Gasteiger partial charge on any atom is 0.274 e. The fourth-order valence-electron chi connectivity index (χ4n) is 5.85. The number of hydrogen-bond donors (Lipinski definition) is 1. The van der Waals surface area contributed by atoms with E-state index in [9.17, 15) is 13.6 Å². The average Bonchev–Trinajstić information content (AvgIpc) is 3.21. The monoisotopic (exact) mass is 501 g/mol. The number of carbonyl (C=O) groups is 1. The zero-order chi connectivity index (χ0) is 25.3. The second kappa shape index (κ2) is 10.4. The fraction of sp³-hybridized carbons (Fsp3) is 0.667. The summed E-state index contributed by atoms with van der Waals surface area (Å²) in [5, 5.41) is 4.64. The lowest BCUT2D eigenvalue weighted by atomic mass is 9.85. The van der Waals surface area contributed by atoms with E-state index in [4.69, 9.17) is 10.5 Å². The van der Waals surface area contributed by atoms with Gasteiger partial charge in [0.25, 0.3) is 11.8 Å². The van der Waals surface area contributed by atoms with Gasteiger partial charge in [0.15, 0.2) is 5.69 Å². The highest BCUT2D eigenvalue weighted by molar-refractivity contribution is 5.94. The van der Waals surface area contributed by atoms with Gasteiger partial charge in [0.05, 0.1) is 0 Å². The van der Waals surface area contributed by atoms with Crippen molar-refractivity contribution in [3.05, 3.63) is 40.8 Å². The van der Waals surface area contributed by atoms with Crippen LogP contribution in [0.25, 0.3) is 0 Å². The number of nitrogens with two attached hydrogens (primary N) is 1. The summed E-state index contributed by atoms with van der Waals surface area (Å²) in [5.74, 6) is -1.77. The number of amides is 1. The van der Waals surface area contributed by atoms with Crippen molar-refractivity contribution in [1.29, 1.82) is 0 Å². The molecule has 196 valence electrons. The number of hydrogen-bond acceptors (Lipinski definition) is 5. The molecule has 2 N–H and O–H groups in total. The van der Waals surface area contributed by atoms with Crippen LogP contribution in [0.5, 0.6) is 5.88 Å². The van der Waals surface area contributed by atoms with Gasteiger partial charge < -0.3 is 15.4 Å². The molecule has 0 bridgehead atoms. The predicted octanol–water partition coefficient (Wildman–Crippen LogP) is 4.30. The van der Waals surface area contributed by atoms with Crippen LogP contribution in [0.1, 0.15) is 78.7 Å².